The first-order valence-corrected chi connectivity index (χ1v) is 4.15. The van der Waals surface area contributed by atoms with E-state index >= 15 is 0 Å². The van der Waals surface area contributed by atoms with Crippen LogP contribution in [0.2, 0.25) is 0 Å². The van der Waals surface area contributed by atoms with E-state index in [-0.39, 0.29) is 6.29 Å². The fourth-order valence-corrected chi connectivity index (χ4v) is 1.97. The van der Waals surface area contributed by atoms with Gasteiger partial charge < -0.3 is 9.47 Å². The molecule has 2 saturated heterocycles. The molecule has 2 heteroatoms. The summed E-state index contributed by atoms with van der Waals surface area (Å²) in [6, 6.07) is 0. The van der Waals surface area contributed by atoms with Crippen molar-refractivity contribution < 1.29 is 9.47 Å². The van der Waals surface area contributed by atoms with Gasteiger partial charge >= 0.3 is 0 Å². The first-order valence-electron chi connectivity index (χ1n) is 4.15. The first kappa shape index (κ1) is 6.62. The lowest BCUT2D eigenvalue weighted by molar-refractivity contribution is -0.0905. The Morgan fingerprint density at radius 3 is 3.10 bits per heavy atom. The van der Waals surface area contributed by atoms with E-state index in [2.05, 4.69) is 6.92 Å². The molecule has 0 bridgehead atoms. The Kier molecular flexibility index (Phi) is 1.66. The van der Waals surface area contributed by atoms with Crippen molar-refractivity contribution in [1.29, 1.82) is 0 Å². The monoisotopic (exact) mass is 142 g/mol. The summed E-state index contributed by atoms with van der Waals surface area (Å²) in [4.78, 5) is 0. The standard InChI is InChI=1S/C8H14O2/c1-2-6-5-10-8-7(6)3-4-9-8/h6-8H,2-5H2,1H3/t6-,7-,8+/m1/s1. The SMILES string of the molecule is CC[C@@H]1CO[C@@H]2OCC[C@H]12. The highest BCUT2D eigenvalue weighted by molar-refractivity contribution is 4.81. The van der Waals surface area contributed by atoms with Crippen molar-refractivity contribution >= 4 is 0 Å². The maximum atomic E-state index is 5.46. The molecule has 2 aliphatic rings. The second-order valence-corrected chi connectivity index (χ2v) is 3.19. The quantitative estimate of drug-likeness (QED) is 0.551. The molecule has 2 nitrogen and oxygen atoms in total. The minimum absolute atomic E-state index is 0.157. The van der Waals surface area contributed by atoms with Gasteiger partial charge in [0.15, 0.2) is 6.29 Å². The molecule has 0 aromatic heterocycles. The van der Waals surface area contributed by atoms with Crippen LogP contribution in [0.4, 0.5) is 0 Å². The molecule has 0 amide bonds. The van der Waals surface area contributed by atoms with E-state index in [1.165, 1.54) is 12.8 Å². The highest BCUT2D eigenvalue weighted by Gasteiger charge is 2.40. The predicted molar refractivity (Wildman–Crippen MR) is 37.6 cm³/mol. The van der Waals surface area contributed by atoms with E-state index in [1.807, 2.05) is 0 Å². The molecule has 0 radical (unpaired) electrons. The topological polar surface area (TPSA) is 18.5 Å². The summed E-state index contributed by atoms with van der Waals surface area (Å²) < 4.78 is 10.8. The molecule has 2 fully saturated rings. The lowest BCUT2D eigenvalue weighted by Gasteiger charge is -2.10. The van der Waals surface area contributed by atoms with Crippen molar-refractivity contribution in [2.45, 2.75) is 26.1 Å². The average molecular weight is 142 g/mol. The molecule has 58 valence electrons. The van der Waals surface area contributed by atoms with Crippen molar-refractivity contribution in [1.82, 2.24) is 0 Å². The first-order chi connectivity index (χ1) is 4.92. The van der Waals surface area contributed by atoms with E-state index in [9.17, 15) is 0 Å². The molecule has 2 aliphatic heterocycles. The normalized spacial score (nSPS) is 45.9. The molecular weight excluding hydrogens is 128 g/mol. The molecule has 10 heavy (non-hydrogen) atoms. The lowest BCUT2D eigenvalue weighted by atomic mass is 9.91. The lowest BCUT2D eigenvalue weighted by Crippen LogP contribution is -2.13. The zero-order valence-electron chi connectivity index (χ0n) is 6.38. The molecule has 0 aliphatic carbocycles. The summed E-state index contributed by atoms with van der Waals surface area (Å²) in [6.45, 7) is 4.06. The van der Waals surface area contributed by atoms with Gasteiger partial charge in [0, 0.05) is 5.92 Å². The third-order valence-electron chi connectivity index (χ3n) is 2.69. The molecule has 2 rings (SSSR count). The van der Waals surface area contributed by atoms with Crippen LogP contribution in [0.1, 0.15) is 19.8 Å². The van der Waals surface area contributed by atoms with Crippen LogP contribution in [0.5, 0.6) is 0 Å². The van der Waals surface area contributed by atoms with Gasteiger partial charge in [0.1, 0.15) is 0 Å². The molecule has 0 spiro atoms. The van der Waals surface area contributed by atoms with Gasteiger partial charge in [-0.2, -0.15) is 0 Å². The molecule has 0 aromatic carbocycles. The van der Waals surface area contributed by atoms with Crippen LogP contribution in [-0.2, 0) is 9.47 Å². The Hall–Kier alpha value is -0.0800. The second kappa shape index (κ2) is 2.51. The summed E-state index contributed by atoms with van der Waals surface area (Å²) in [7, 11) is 0. The Balaban J connectivity index is 2.01. The van der Waals surface area contributed by atoms with Gasteiger partial charge in [-0.1, -0.05) is 13.3 Å². The fraction of sp³-hybridized carbons (Fsp3) is 1.00. The van der Waals surface area contributed by atoms with Crippen molar-refractivity contribution in [3.63, 3.8) is 0 Å². The molecule has 0 aromatic rings. The number of hydrogen-bond donors (Lipinski definition) is 0. The minimum atomic E-state index is 0.157. The van der Waals surface area contributed by atoms with Gasteiger partial charge in [-0.3, -0.25) is 0 Å². The molecule has 2 heterocycles. The summed E-state index contributed by atoms with van der Waals surface area (Å²) in [5.41, 5.74) is 0. The summed E-state index contributed by atoms with van der Waals surface area (Å²) in [5.74, 6) is 1.48. The Labute approximate surface area is 61.5 Å². The van der Waals surface area contributed by atoms with Gasteiger partial charge in [0.2, 0.25) is 0 Å². The van der Waals surface area contributed by atoms with Crippen molar-refractivity contribution in [3.05, 3.63) is 0 Å². The van der Waals surface area contributed by atoms with Crippen LogP contribution in [0.3, 0.4) is 0 Å². The van der Waals surface area contributed by atoms with Crippen molar-refractivity contribution in [2.24, 2.45) is 11.8 Å². The van der Waals surface area contributed by atoms with E-state index in [1.54, 1.807) is 0 Å². The van der Waals surface area contributed by atoms with Crippen molar-refractivity contribution in [3.8, 4) is 0 Å². The van der Waals surface area contributed by atoms with Gasteiger partial charge in [-0.25, -0.2) is 0 Å². The zero-order chi connectivity index (χ0) is 6.97. The van der Waals surface area contributed by atoms with Gasteiger partial charge in [-0.15, -0.1) is 0 Å². The van der Waals surface area contributed by atoms with Crippen LogP contribution >= 0.6 is 0 Å². The number of hydrogen-bond acceptors (Lipinski definition) is 2. The third kappa shape index (κ3) is 0.867. The molecule has 0 saturated carbocycles. The predicted octanol–water partition coefficient (Wildman–Crippen LogP) is 1.41. The van der Waals surface area contributed by atoms with Gasteiger partial charge in [0.25, 0.3) is 0 Å². The smallest absolute Gasteiger partial charge is 0.160 e. The highest BCUT2D eigenvalue weighted by atomic mass is 16.7. The zero-order valence-corrected chi connectivity index (χ0v) is 6.38. The maximum Gasteiger partial charge on any atom is 0.160 e. The van der Waals surface area contributed by atoms with Crippen LogP contribution in [0, 0.1) is 11.8 Å². The van der Waals surface area contributed by atoms with Gasteiger partial charge in [-0.05, 0) is 12.3 Å². The molecule has 0 unspecified atom stereocenters. The van der Waals surface area contributed by atoms with Crippen LogP contribution in [-0.4, -0.2) is 19.5 Å². The Morgan fingerprint density at radius 2 is 2.30 bits per heavy atom. The van der Waals surface area contributed by atoms with Crippen LogP contribution < -0.4 is 0 Å². The summed E-state index contributed by atoms with van der Waals surface area (Å²) in [6.07, 6.45) is 2.61. The summed E-state index contributed by atoms with van der Waals surface area (Å²) >= 11 is 0. The molecular formula is C8H14O2. The Morgan fingerprint density at radius 1 is 1.40 bits per heavy atom. The average Bonchev–Trinajstić information content (AvgIpc) is 2.44. The van der Waals surface area contributed by atoms with Crippen LogP contribution in [0.15, 0.2) is 0 Å². The van der Waals surface area contributed by atoms with Gasteiger partial charge in [0.05, 0.1) is 13.2 Å². The van der Waals surface area contributed by atoms with E-state index in [0.717, 1.165) is 19.1 Å². The molecule has 3 atom stereocenters. The number of rotatable bonds is 1. The number of fused-ring (bicyclic) bond motifs is 1. The summed E-state index contributed by atoms with van der Waals surface area (Å²) in [5, 5.41) is 0. The highest BCUT2D eigenvalue weighted by Crippen LogP contribution is 2.36. The maximum absolute atomic E-state index is 5.46. The minimum Gasteiger partial charge on any atom is -0.352 e. The fourth-order valence-electron chi connectivity index (χ4n) is 1.97. The second-order valence-electron chi connectivity index (χ2n) is 3.19. The number of ether oxygens (including phenoxy) is 2. The van der Waals surface area contributed by atoms with Crippen molar-refractivity contribution in [2.75, 3.05) is 13.2 Å². The largest absolute Gasteiger partial charge is 0.352 e. The van der Waals surface area contributed by atoms with E-state index < -0.39 is 0 Å². The third-order valence-corrected chi connectivity index (χ3v) is 2.69. The van der Waals surface area contributed by atoms with Crippen LogP contribution in [0.25, 0.3) is 0 Å². The molecule has 0 N–H and O–H groups in total. The Bertz CT molecular complexity index is 124. The van der Waals surface area contributed by atoms with E-state index in [4.69, 9.17) is 9.47 Å². The van der Waals surface area contributed by atoms with E-state index in [0.29, 0.717) is 5.92 Å².